The van der Waals surface area contributed by atoms with Crippen LogP contribution in [-0.4, -0.2) is 9.13 Å². The van der Waals surface area contributed by atoms with Gasteiger partial charge in [0.2, 0.25) is 0 Å². The molecule has 0 bridgehead atoms. The molecule has 0 unspecified atom stereocenters. The van der Waals surface area contributed by atoms with Gasteiger partial charge < -0.3 is 9.13 Å². The Balaban J connectivity index is 1.13. The number of aromatic nitrogens is 2. The summed E-state index contributed by atoms with van der Waals surface area (Å²) in [5, 5.41) is 3.78. The van der Waals surface area contributed by atoms with Crippen molar-refractivity contribution in [3.8, 4) is 44.8 Å². The highest BCUT2D eigenvalue weighted by Gasteiger charge is 2.20. The van der Waals surface area contributed by atoms with E-state index in [9.17, 15) is 0 Å². The van der Waals surface area contributed by atoms with Gasteiger partial charge in [0.25, 0.3) is 0 Å². The predicted octanol–water partition coefficient (Wildman–Crippen LogP) is 14.9. The molecule has 9 rings (SSSR count). The molecule has 9 aromatic rings. The van der Waals surface area contributed by atoms with Crippen molar-refractivity contribution >= 4 is 44.4 Å². The number of hydrogen-bond acceptors (Lipinski definition) is 0. The van der Waals surface area contributed by atoms with Gasteiger partial charge in [-0.15, -0.1) is 0 Å². The number of rotatable bonds is 7. The van der Waals surface area contributed by atoms with Gasteiger partial charge in [0, 0.05) is 33.1 Å². The molecule has 0 aliphatic heterocycles. The van der Waals surface area contributed by atoms with Crippen molar-refractivity contribution in [3.63, 3.8) is 0 Å². The summed E-state index contributed by atoms with van der Waals surface area (Å²) < 4.78 is 4.78. The quantitative estimate of drug-likeness (QED) is 0.155. The Morgan fingerprint density at radius 3 is 1.52 bits per heavy atom. The second kappa shape index (κ2) is 13.6. The minimum absolute atomic E-state index is 1.03. The maximum atomic E-state index is 4.41. The Hall–Kier alpha value is -6.64. The lowest BCUT2D eigenvalue weighted by molar-refractivity contribution is 1.10. The van der Waals surface area contributed by atoms with Crippen LogP contribution in [0.4, 0.5) is 0 Å². The van der Waals surface area contributed by atoms with Gasteiger partial charge in [-0.2, -0.15) is 0 Å². The summed E-state index contributed by atoms with van der Waals surface area (Å²) in [4.78, 5) is 0. The van der Waals surface area contributed by atoms with Gasteiger partial charge in [0.05, 0.1) is 22.2 Å². The highest BCUT2D eigenvalue weighted by atomic mass is 15.0. The van der Waals surface area contributed by atoms with Crippen LogP contribution in [0.5, 0.6) is 0 Å². The standard InChI is InChI=1S/C54H46N2/c1-9-49-53(33(2)3)47-31-39(43-18-12-10-15-34(43)4)21-27-50(47)55(49)41-23-25-45(37(7)29-41)46-26-24-42(30-38(46)8)56-51-28-22-40(44-19-13-11-16-35(44)5)32-48(51)54-36(6)17-14-20-52(54)56/h9-32H,1-2H2,3-8H3. The molecule has 0 fully saturated rings. The SMILES string of the molecule is C=Cc1c(C(=C)C)c2cc(-c3ccccc3C)ccc2n1-c1ccc(-c2ccc(-n3c4ccc(-c5ccccc5C)cc4c4c(C)cccc43)cc2C)c(C)c1. The first kappa shape index (κ1) is 35.1. The smallest absolute Gasteiger partial charge is 0.0543 e. The lowest BCUT2D eigenvalue weighted by Gasteiger charge is -2.16. The van der Waals surface area contributed by atoms with E-state index in [4.69, 9.17) is 0 Å². The van der Waals surface area contributed by atoms with Crippen LogP contribution >= 0.6 is 0 Å². The molecule has 0 spiro atoms. The molecule has 2 nitrogen and oxygen atoms in total. The molecular weight excluding hydrogens is 677 g/mol. The van der Waals surface area contributed by atoms with Gasteiger partial charge in [0.1, 0.15) is 0 Å². The molecule has 2 heteroatoms. The van der Waals surface area contributed by atoms with Crippen LogP contribution in [0, 0.1) is 34.6 Å². The summed E-state index contributed by atoms with van der Waals surface area (Å²) in [6.07, 6.45) is 1.98. The van der Waals surface area contributed by atoms with Crippen LogP contribution < -0.4 is 0 Å². The van der Waals surface area contributed by atoms with Crippen molar-refractivity contribution in [1.82, 2.24) is 9.13 Å². The van der Waals surface area contributed by atoms with Crippen LogP contribution in [0.3, 0.4) is 0 Å². The van der Waals surface area contributed by atoms with E-state index in [-0.39, 0.29) is 0 Å². The number of aryl methyl sites for hydroxylation is 5. The van der Waals surface area contributed by atoms with Crippen molar-refractivity contribution in [1.29, 1.82) is 0 Å². The van der Waals surface area contributed by atoms with E-state index in [0.29, 0.717) is 0 Å². The Labute approximate surface area is 330 Å². The summed E-state index contributed by atoms with van der Waals surface area (Å²) in [6.45, 7) is 21.8. The highest BCUT2D eigenvalue weighted by Crippen LogP contribution is 2.41. The largest absolute Gasteiger partial charge is 0.309 e. The Kier molecular flexibility index (Phi) is 8.51. The van der Waals surface area contributed by atoms with E-state index in [1.54, 1.807) is 0 Å². The number of hydrogen-bond donors (Lipinski definition) is 0. The topological polar surface area (TPSA) is 9.86 Å². The van der Waals surface area contributed by atoms with Gasteiger partial charge >= 0.3 is 0 Å². The summed E-state index contributed by atoms with van der Waals surface area (Å²) in [7, 11) is 0. The third-order valence-electron chi connectivity index (χ3n) is 11.8. The van der Waals surface area contributed by atoms with Gasteiger partial charge in [-0.05, 0) is 169 Å². The van der Waals surface area contributed by atoms with Crippen LogP contribution in [0.15, 0.2) is 153 Å². The average molecular weight is 723 g/mol. The average Bonchev–Trinajstić information content (AvgIpc) is 3.71. The molecule has 2 heterocycles. The monoisotopic (exact) mass is 722 g/mol. The third kappa shape index (κ3) is 5.56. The summed E-state index contributed by atoms with van der Waals surface area (Å²) >= 11 is 0. The fourth-order valence-corrected chi connectivity index (χ4v) is 9.07. The van der Waals surface area contributed by atoms with Gasteiger partial charge in [0.15, 0.2) is 0 Å². The van der Waals surface area contributed by atoms with E-state index in [1.165, 1.54) is 94.1 Å². The minimum Gasteiger partial charge on any atom is -0.309 e. The molecule has 0 aliphatic carbocycles. The molecule has 272 valence electrons. The Bertz CT molecular complexity index is 3070. The van der Waals surface area contributed by atoms with Gasteiger partial charge in [-0.1, -0.05) is 98.1 Å². The fourth-order valence-electron chi connectivity index (χ4n) is 9.07. The molecular formula is C54H46N2. The fraction of sp³-hybridized carbons (Fsp3) is 0.111. The molecule has 0 radical (unpaired) electrons. The summed E-state index contributed by atoms with van der Waals surface area (Å²) in [6, 6.07) is 51.4. The van der Waals surface area contributed by atoms with E-state index in [0.717, 1.165) is 28.0 Å². The first-order valence-electron chi connectivity index (χ1n) is 19.5. The van der Waals surface area contributed by atoms with Gasteiger partial charge in [-0.25, -0.2) is 0 Å². The first-order valence-corrected chi connectivity index (χ1v) is 19.5. The third-order valence-corrected chi connectivity index (χ3v) is 11.8. The molecule has 0 aliphatic rings. The molecule has 56 heavy (non-hydrogen) atoms. The normalized spacial score (nSPS) is 11.5. The minimum atomic E-state index is 1.03. The lowest BCUT2D eigenvalue weighted by atomic mass is 9.95. The first-order chi connectivity index (χ1) is 27.1. The second-order valence-corrected chi connectivity index (χ2v) is 15.5. The predicted molar refractivity (Wildman–Crippen MR) is 242 cm³/mol. The number of fused-ring (bicyclic) bond motifs is 4. The molecule has 0 saturated carbocycles. The zero-order valence-corrected chi connectivity index (χ0v) is 33.2. The Morgan fingerprint density at radius 2 is 0.982 bits per heavy atom. The second-order valence-electron chi connectivity index (χ2n) is 15.5. The number of allylic oxidation sites excluding steroid dienone is 1. The van der Waals surface area contributed by atoms with Crippen LogP contribution in [0.1, 0.15) is 46.0 Å². The van der Waals surface area contributed by atoms with Crippen molar-refractivity contribution in [2.45, 2.75) is 41.5 Å². The van der Waals surface area contributed by atoms with Crippen LogP contribution in [0.25, 0.3) is 89.1 Å². The van der Waals surface area contributed by atoms with Gasteiger partial charge in [-0.3, -0.25) is 0 Å². The van der Waals surface area contributed by atoms with E-state index in [2.05, 4.69) is 203 Å². The van der Waals surface area contributed by atoms with E-state index in [1.807, 2.05) is 6.08 Å². The molecule has 0 saturated heterocycles. The van der Waals surface area contributed by atoms with Crippen molar-refractivity contribution in [3.05, 3.63) is 192 Å². The molecule has 2 aromatic heterocycles. The summed E-state index contributed by atoms with van der Waals surface area (Å²) in [5.74, 6) is 0. The van der Waals surface area contributed by atoms with E-state index < -0.39 is 0 Å². The summed E-state index contributed by atoms with van der Waals surface area (Å²) in [5.41, 5.74) is 22.9. The highest BCUT2D eigenvalue weighted by molar-refractivity contribution is 6.12. The zero-order chi connectivity index (χ0) is 38.8. The van der Waals surface area contributed by atoms with Crippen molar-refractivity contribution in [2.24, 2.45) is 0 Å². The molecule has 7 aromatic carbocycles. The number of nitrogens with zero attached hydrogens (tertiary/aromatic N) is 2. The van der Waals surface area contributed by atoms with Crippen LogP contribution in [-0.2, 0) is 0 Å². The lowest BCUT2D eigenvalue weighted by Crippen LogP contribution is -1.99. The molecule has 0 atom stereocenters. The van der Waals surface area contributed by atoms with Crippen molar-refractivity contribution in [2.75, 3.05) is 0 Å². The maximum Gasteiger partial charge on any atom is 0.0543 e. The maximum absolute atomic E-state index is 4.41. The number of benzene rings is 7. The molecule has 0 N–H and O–H groups in total. The Morgan fingerprint density at radius 1 is 0.464 bits per heavy atom. The van der Waals surface area contributed by atoms with E-state index >= 15 is 0 Å². The van der Waals surface area contributed by atoms with Crippen LogP contribution in [0.2, 0.25) is 0 Å². The zero-order valence-electron chi connectivity index (χ0n) is 33.2. The van der Waals surface area contributed by atoms with Crippen molar-refractivity contribution < 1.29 is 0 Å². The molecule has 0 amide bonds.